The molecule has 0 aliphatic carbocycles. The van der Waals surface area contributed by atoms with Gasteiger partial charge >= 0.3 is 0 Å². The lowest BCUT2D eigenvalue weighted by Gasteiger charge is -2.14. The lowest BCUT2D eigenvalue weighted by atomic mass is 10.0. The summed E-state index contributed by atoms with van der Waals surface area (Å²) in [5.74, 6) is 1.46. The van der Waals surface area contributed by atoms with Crippen LogP contribution < -0.4 is 16.0 Å². The monoisotopic (exact) mass is 332 g/mol. The number of carbonyl (C=O) groups is 1. The quantitative estimate of drug-likeness (QED) is 0.456. The van der Waals surface area contributed by atoms with Crippen LogP contribution in [0.5, 0.6) is 0 Å². The molecule has 0 fully saturated rings. The molecule has 5 nitrogen and oxygen atoms in total. The molecule has 0 aromatic heterocycles. The fourth-order valence-corrected chi connectivity index (χ4v) is 2.29. The van der Waals surface area contributed by atoms with Gasteiger partial charge in [0.05, 0.1) is 0 Å². The number of carbonyl (C=O) groups excluding carboxylic acids is 1. The lowest BCUT2D eigenvalue weighted by molar-refractivity contribution is -0.121. The Morgan fingerprint density at radius 2 is 1.75 bits per heavy atom. The van der Waals surface area contributed by atoms with Crippen LogP contribution in [0.4, 0.5) is 0 Å². The molecule has 0 atom stereocenters. The lowest BCUT2D eigenvalue weighted by Crippen LogP contribution is -2.39. The van der Waals surface area contributed by atoms with E-state index in [9.17, 15) is 4.79 Å². The van der Waals surface area contributed by atoms with Gasteiger partial charge in [-0.25, -0.2) is 0 Å². The maximum Gasteiger partial charge on any atom is 0.222 e. The van der Waals surface area contributed by atoms with Gasteiger partial charge in [-0.2, -0.15) is 0 Å². The Morgan fingerprint density at radius 1 is 1.04 bits per heavy atom. The summed E-state index contributed by atoms with van der Waals surface area (Å²) in [5, 5.41) is 9.39. The first-order valence-corrected chi connectivity index (χ1v) is 9.02. The van der Waals surface area contributed by atoms with E-state index in [1.54, 1.807) is 0 Å². The third-order valence-electron chi connectivity index (χ3n) is 3.98. The van der Waals surface area contributed by atoms with Gasteiger partial charge in [0.25, 0.3) is 0 Å². The van der Waals surface area contributed by atoms with Gasteiger partial charge < -0.3 is 16.0 Å². The molecule has 0 radical (unpaired) electrons. The Balaban J connectivity index is 2.30. The highest BCUT2D eigenvalue weighted by Crippen LogP contribution is 2.07. The topological polar surface area (TPSA) is 65.5 Å². The van der Waals surface area contributed by atoms with E-state index in [1.165, 1.54) is 0 Å². The molecular weight excluding hydrogens is 300 g/mol. The molecule has 0 heterocycles. The molecule has 0 spiro atoms. The van der Waals surface area contributed by atoms with Crippen molar-refractivity contribution in [2.45, 2.75) is 46.6 Å². The van der Waals surface area contributed by atoms with E-state index in [2.05, 4.69) is 34.8 Å². The van der Waals surface area contributed by atoms with E-state index in [-0.39, 0.29) is 5.91 Å². The van der Waals surface area contributed by atoms with Gasteiger partial charge in [-0.3, -0.25) is 9.79 Å². The van der Waals surface area contributed by atoms with Gasteiger partial charge in [-0.1, -0.05) is 57.0 Å². The molecule has 0 aliphatic heterocycles. The molecule has 0 unspecified atom stereocenters. The summed E-state index contributed by atoms with van der Waals surface area (Å²) in [7, 11) is 0. The Bertz CT molecular complexity index is 483. The molecule has 134 valence electrons. The average Bonchev–Trinajstić information content (AvgIpc) is 2.61. The Morgan fingerprint density at radius 3 is 2.38 bits per heavy atom. The third-order valence-corrected chi connectivity index (χ3v) is 3.98. The van der Waals surface area contributed by atoms with E-state index in [0.29, 0.717) is 25.4 Å². The fourth-order valence-electron chi connectivity index (χ4n) is 2.29. The van der Waals surface area contributed by atoms with Crippen molar-refractivity contribution in [1.29, 1.82) is 0 Å². The number of nitrogens with one attached hydrogen (secondary N) is 3. The summed E-state index contributed by atoms with van der Waals surface area (Å²) in [5.41, 5.74) is 1.11. The first-order valence-electron chi connectivity index (χ1n) is 9.02. The van der Waals surface area contributed by atoms with E-state index in [0.717, 1.165) is 37.5 Å². The number of hydrogen-bond acceptors (Lipinski definition) is 2. The van der Waals surface area contributed by atoms with Crippen LogP contribution in [0.1, 0.15) is 45.6 Å². The second-order valence-corrected chi connectivity index (χ2v) is 5.84. The average molecular weight is 332 g/mol. The maximum absolute atomic E-state index is 11.9. The summed E-state index contributed by atoms with van der Waals surface area (Å²) in [6, 6.07) is 9.93. The predicted molar refractivity (Wildman–Crippen MR) is 101 cm³/mol. The van der Waals surface area contributed by atoms with Crippen molar-refractivity contribution in [2.75, 3.05) is 19.6 Å². The van der Waals surface area contributed by atoms with Gasteiger partial charge in [0, 0.05) is 32.6 Å². The highest BCUT2D eigenvalue weighted by Gasteiger charge is 2.05. The van der Waals surface area contributed by atoms with E-state index in [4.69, 9.17) is 0 Å². The molecule has 0 bridgehead atoms. The molecular formula is C19H32N4O. The molecule has 5 heteroatoms. The third kappa shape index (κ3) is 8.56. The highest BCUT2D eigenvalue weighted by molar-refractivity contribution is 5.81. The van der Waals surface area contributed by atoms with Crippen LogP contribution in [0.15, 0.2) is 35.3 Å². The van der Waals surface area contributed by atoms with Crippen molar-refractivity contribution in [3.05, 3.63) is 35.9 Å². The molecule has 0 aliphatic rings. The van der Waals surface area contributed by atoms with Gasteiger partial charge in [-0.05, 0) is 18.4 Å². The van der Waals surface area contributed by atoms with E-state index >= 15 is 0 Å². The summed E-state index contributed by atoms with van der Waals surface area (Å²) >= 11 is 0. The van der Waals surface area contributed by atoms with Crippen molar-refractivity contribution in [3.63, 3.8) is 0 Å². The zero-order valence-corrected chi connectivity index (χ0v) is 15.3. The summed E-state index contributed by atoms with van der Waals surface area (Å²) < 4.78 is 0. The minimum atomic E-state index is 0.0437. The summed E-state index contributed by atoms with van der Waals surface area (Å²) in [4.78, 5) is 16.5. The van der Waals surface area contributed by atoms with E-state index < -0.39 is 0 Å². The van der Waals surface area contributed by atoms with Crippen LogP contribution in [0, 0.1) is 5.92 Å². The number of aliphatic imine (C=N–C) groups is 1. The fraction of sp³-hybridized carbons (Fsp3) is 0.579. The standard InChI is InChI=1S/C19H32N4O/c1-4-16(5-2)14-23-19(20-6-3)21-13-12-18(24)22-15-17-10-8-7-9-11-17/h7-11,16H,4-6,12-15H2,1-3H3,(H,22,24)(H2,20,21,23). The molecule has 1 aromatic carbocycles. The van der Waals surface area contributed by atoms with Gasteiger partial charge in [0.2, 0.25) is 5.91 Å². The molecule has 1 aromatic rings. The molecule has 24 heavy (non-hydrogen) atoms. The molecule has 1 rings (SSSR count). The number of benzene rings is 1. The maximum atomic E-state index is 11.9. The van der Waals surface area contributed by atoms with Gasteiger partial charge in [0.15, 0.2) is 5.96 Å². The molecule has 0 saturated heterocycles. The van der Waals surface area contributed by atoms with Crippen LogP contribution in [0.2, 0.25) is 0 Å². The van der Waals surface area contributed by atoms with Crippen molar-refractivity contribution in [2.24, 2.45) is 10.9 Å². The second kappa shape index (κ2) is 12.4. The first-order chi connectivity index (χ1) is 11.7. The number of guanidine groups is 1. The first kappa shape index (κ1) is 20.0. The Kier molecular flexibility index (Phi) is 10.3. The largest absolute Gasteiger partial charge is 0.357 e. The van der Waals surface area contributed by atoms with Gasteiger partial charge in [-0.15, -0.1) is 0 Å². The van der Waals surface area contributed by atoms with Crippen molar-refractivity contribution < 1.29 is 4.79 Å². The Hall–Kier alpha value is -2.04. The van der Waals surface area contributed by atoms with Crippen molar-refractivity contribution >= 4 is 11.9 Å². The highest BCUT2D eigenvalue weighted by atomic mass is 16.1. The summed E-state index contributed by atoms with van der Waals surface area (Å²) in [6.45, 7) is 9.22. The molecule has 3 N–H and O–H groups in total. The Labute approximate surface area is 146 Å². The van der Waals surface area contributed by atoms with Crippen LogP contribution in [0.3, 0.4) is 0 Å². The number of hydrogen-bond donors (Lipinski definition) is 3. The number of amides is 1. The van der Waals surface area contributed by atoms with Crippen LogP contribution >= 0.6 is 0 Å². The van der Waals surface area contributed by atoms with Crippen molar-refractivity contribution in [3.8, 4) is 0 Å². The van der Waals surface area contributed by atoms with Gasteiger partial charge in [0.1, 0.15) is 0 Å². The second-order valence-electron chi connectivity index (χ2n) is 5.84. The molecule has 0 saturated carbocycles. The van der Waals surface area contributed by atoms with Crippen LogP contribution in [0.25, 0.3) is 0 Å². The van der Waals surface area contributed by atoms with Crippen LogP contribution in [-0.4, -0.2) is 31.5 Å². The smallest absolute Gasteiger partial charge is 0.222 e. The number of nitrogens with zero attached hydrogens (tertiary/aromatic N) is 1. The minimum Gasteiger partial charge on any atom is -0.357 e. The predicted octanol–water partition coefficient (Wildman–Crippen LogP) is 2.68. The normalized spacial score (nSPS) is 11.4. The van der Waals surface area contributed by atoms with Crippen molar-refractivity contribution in [1.82, 2.24) is 16.0 Å². The zero-order chi connectivity index (χ0) is 17.6. The molecule has 1 amide bonds. The number of rotatable bonds is 10. The summed E-state index contributed by atoms with van der Waals surface area (Å²) in [6.07, 6.45) is 2.71. The van der Waals surface area contributed by atoms with E-state index in [1.807, 2.05) is 37.3 Å². The minimum absolute atomic E-state index is 0.0437. The SMILES string of the molecule is CCNC(=NCC(CC)CC)NCCC(=O)NCc1ccccc1. The van der Waals surface area contributed by atoms with Crippen LogP contribution in [-0.2, 0) is 11.3 Å². The zero-order valence-electron chi connectivity index (χ0n) is 15.3.